The van der Waals surface area contributed by atoms with Crippen LogP contribution in [-0.2, 0) is 9.53 Å². The Morgan fingerprint density at radius 1 is 1.13 bits per heavy atom. The first-order chi connectivity index (χ1) is 18.9. The van der Waals surface area contributed by atoms with Crippen LogP contribution in [0, 0.1) is 6.92 Å². The number of aryl methyl sites for hydroxylation is 1. The van der Waals surface area contributed by atoms with Gasteiger partial charge in [-0.25, -0.2) is 4.98 Å². The van der Waals surface area contributed by atoms with Crippen LogP contribution in [0.1, 0.15) is 24.5 Å². The lowest BCUT2D eigenvalue weighted by atomic mass is 10.2. The Hall–Kier alpha value is -2.92. The van der Waals surface area contributed by atoms with E-state index in [2.05, 4.69) is 9.80 Å². The predicted molar refractivity (Wildman–Crippen MR) is 163 cm³/mol. The third-order valence-corrected chi connectivity index (χ3v) is 8.45. The Morgan fingerprint density at radius 3 is 2.64 bits per heavy atom. The molecule has 2 aliphatic heterocycles. The highest BCUT2D eigenvalue weighted by Gasteiger charge is 2.33. The van der Waals surface area contributed by atoms with Gasteiger partial charge in [-0.1, -0.05) is 47.7 Å². The number of hydrogen-bond donors (Lipinski definition) is 0. The Labute approximate surface area is 242 Å². The first-order valence-electron chi connectivity index (χ1n) is 13.0. The zero-order valence-electron chi connectivity index (χ0n) is 21.9. The number of rotatable bonds is 8. The van der Waals surface area contributed by atoms with Gasteiger partial charge < -0.3 is 14.5 Å². The minimum atomic E-state index is -0.211. The number of hydrogen-bond acceptors (Lipinski definition) is 8. The maximum absolute atomic E-state index is 13.8. The molecule has 0 saturated carbocycles. The molecule has 0 bridgehead atoms. The van der Waals surface area contributed by atoms with E-state index < -0.39 is 0 Å². The van der Waals surface area contributed by atoms with E-state index in [0.717, 1.165) is 24.3 Å². The standard InChI is InChI=1S/C28H30ClN5O3S2/c1-3-37-16-6-11-34-27(36)23(39-28(34)38)18-22-25(30-24-19(2)7-5-10-33(24)26(22)35)32-14-12-31(13-15-32)21-9-4-8-20(29)17-21/h4-5,7-10,17-18H,3,6,11-16H2,1-2H3. The van der Waals surface area contributed by atoms with E-state index in [1.54, 1.807) is 21.6 Å². The molecule has 204 valence electrons. The van der Waals surface area contributed by atoms with Gasteiger partial charge in [0.2, 0.25) is 0 Å². The second kappa shape index (κ2) is 12.1. The first kappa shape index (κ1) is 27.6. The minimum absolute atomic E-state index is 0.188. The van der Waals surface area contributed by atoms with Gasteiger partial charge in [-0.15, -0.1) is 0 Å². The van der Waals surface area contributed by atoms with Crippen molar-refractivity contribution >= 4 is 69.0 Å². The van der Waals surface area contributed by atoms with Crippen molar-refractivity contribution in [3.8, 4) is 0 Å². The molecule has 3 aromatic rings. The Kier molecular flexibility index (Phi) is 8.56. The van der Waals surface area contributed by atoms with Gasteiger partial charge >= 0.3 is 0 Å². The van der Waals surface area contributed by atoms with E-state index in [1.165, 1.54) is 11.8 Å². The maximum Gasteiger partial charge on any atom is 0.267 e. The van der Waals surface area contributed by atoms with Crippen LogP contribution in [0.2, 0.25) is 5.02 Å². The number of amides is 1. The predicted octanol–water partition coefficient (Wildman–Crippen LogP) is 4.61. The molecule has 8 nitrogen and oxygen atoms in total. The van der Waals surface area contributed by atoms with Gasteiger partial charge in [-0.2, -0.15) is 0 Å². The molecule has 2 saturated heterocycles. The molecule has 4 heterocycles. The molecular weight excluding hydrogens is 554 g/mol. The van der Waals surface area contributed by atoms with E-state index in [1.807, 2.05) is 50.2 Å². The van der Waals surface area contributed by atoms with Crippen molar-refractivity contribution in [3.05, 3.63) is 74.0 Å². The van der Waals surface area contributed by atoms with Gasteiger partial charge in [0.25, 0.3) is 11.5 Å². The zero-order chi connectivity index (χ0) is 27.5. The number of piperazine rings is 1. The van der Waals surface area contributed by atoms with Crippen molar-refractivity contribution in [1.82, 2.24) is 14.3 Å². The van der Waals surface area contributed by atoms with Gasteiger partial charge in [0.15, 0.2) is 0 Å². The van der Waals surface area contributed by atoms with Crippen molar-refractivity contribution in [3.63, 3.8) is 0 Å². The summed E-state index contributed by atoms with van der Waals surface area (Å²) >= 11 is 12.9. The molecule has 2 aromatic heterocycles. The van der Waals surface area contributed by atoms with Crippen LogP contribution in [0.5, 0.6) is 0 Å². The van der Waals surface area contributed by atoms with Crippen LogP contribution in [0.15, 0.2) is 52.3 Å². The van der Waals surface area contributed by atoms with Crippen molar-refractivity contribution in [1.29, 1.82) is 0 Å². The number of nitrogens with zero attached hydrogens (tertiary/aromatic N) is 5. The number of halogens is 1. The number of ether oxygens (including phenoxy) is 1. The fourth-order valence-corrected chi connectivity index (χ4v) is 6.28. The molecule has 39 heavy (non-hydrogen) atoms. The quantitative estimate of drug-likeness (QED) is 0.216. The monoisotopic (exact) mass is 583 g/mol. The number of pyridine rings is 1. The largest absolute Gasteiger partial charge is 0.382 e. The molecule has 0 aliphatic carbocycles. The van der Waals surface area contributed by atoms with Crippen LogP contribution >= 0.6 is 35.6 Å². The van der Waals surface area contributed by atoms with E-state index in [-0.39, 0.29) is 11.5 Å². The highest BCUT2D eigenvalue weighted by molar-refractivity contribution is 8.26. The number of thiocarbonyl (C=S) groups is 1. The van der Waals surface area contributed by atoms with Crippen LogP contribution in [0.4, 0.5) is 11.5 Å². The SMILES string of the molecule is CCOCCCN1C(=O)C(=Cc2c(N3CCN(c4cccc(Cl)c4)CC3)nc3c(C)cccn3c2=O)SC1=S. The van der Waals surface area contributed by atoms with E-state index in [4.69, 9.17) is 33.5 Å². The second-order valence-electron chi connectivity index (χ2n) is 9.38. The average molecular weight is 584 g/mol. The molecule has 1 amide bonds. The van der Waals surface area contributed by atoms with Crippen molar-refractivity contribution in [2.75, 3.05) is 55.7 Å². The van der Waals surface area contributed by atoms with Gasteiger partial charge in [0.1, 0.15) is 15.8 Å². The highest BCUT2D eigenvalue weighted by atomic mass is 35.5. The fourth-order valence-electron chi connectivity index (χ4n) is 4.81. The second-order valence-corrected chi connectivity index (χ2v) is 11.5. The van der Waals surface area contributed by atoms with E-state index in [9.17, 15) is 9.59 Å². The van der Waals surface area contributed by atoms with Gasteiger partial charge in [0.05, 0.1) is 10.5 Å². The molecule has 0 atom stereocenters. The summed E-state index contributed by atoms with van der Waals surface area (Å²) in [6.07, 6.45) is 4.08. The van der Waals surface area contributed by atoms with Gasteiger partial charge in [-0.3, -0.25) is 18.9 Å². The number of anilines is 2. The smallest absolute Gasteiger partial charge is 0.267 e. The molecule has 0 unspecified atom stereocenters. The number of carbonyl (C=O) groups excluding carboxylic acids is 1. The first-order valence-corrected chi connectivity index (χ1v) is 14.6. The number of benzene rings is 1. The van der Waals surface area contributed by atoms with Crippen LogP contribution in [0.25, 0.3) is 11.7 Å². The summed E-state index contributed by atoms with van der Waals surface area (Å²) in [6, 6.07) is 11.6. The molecular formula is C28H30ClN5O3S2. The average Bonchev–Trinajstić information content (AvgIpc) is 3.20. The molecule has 2 fully saturated rings. The topological polar surface area (TPSA) is 70.4 Å². The number of thioether (sulfide) groups is 1. The molecule has 0 N–H and O–H groups in total. The molecule has 2 aliphatic rings. The zero-order valence-corrected chi connectivity index (χ0v) is 24.3. The summed E-state index contributed by atoms with van der Waals surface area (Å²) < 4.78 is 7.45. The lowest BCUT2D eigenvalue weighted by Crippen LogP contribution is -2.47. The summed E-state index contributed by atoms with van der Waals surface area (Å²) in [5.41, 5.74) is 2.76. The van der Waals surface area contributed by atoms with Crippen molar-refractivity contribution < 1.29 is 9.53 Å². The fraction of sp³-hybridized carbons (Fsp3) is 0.357. The van der Waals surface area contributed by atoms with Gasteiger partial charge in [-0.05, 0) is 56.2 Å². The minimum Gasteiger partial charge on any atom is -0.382 e. The summed E-state index contributed by atoms with van der Waals surface area (Å²) in [6.45, 7) is 8.38. The number of fused-ring (bicyclic) bond motifs is 1. The third-order valence-electron chi connectivity index (χ3n) is 6.84. The summed E-state index contributed by atoms with van der Waals surface area (Å²) in [7, 11) is 0. The third kappa shape index (κ3) is 5.84. The number of carbonyl (C=O) groups is 1. The van der Waals surface area contributed by atoms with Gasteiger partial charge in [0, 0.05) is 62.8 Å². The maximum atomic E-state index is 13.8. The summed E-state index contributed by atoms with van der Waals surface area (Å²) in [5, 5.41) is 0.701. The van der Waals surface area contributed by atoms with E-state index in [0.29, 0.717) is 70.5 Å². The van der Waals surface area contributed by atoms with Crippen LogP contribution in [0.3, 0.4) is 0 Å². The van der Waals surface area contributed by atoms with Crippen LogP contribution in [-0.4, -0.2) is 70.4 Å². The molecule has 1 aromatic carbocycles. The Morgan fingerprint density at radius 2 is 1.90 bits per heavy atom. The lowest BCUT2D eigenvalue weighted by Gasteiger charge is -2.37. The van der Waals surface area contributed by atoms with Crippen LogP contribution < -0.4 is 15.4 Å². The lowest BCUT2D eigenvalue weighted by molar-refractivity contribution is -0.122. The molecule has 0 radical (unpaired) electrons. The van der Waals surface area contributed by atoms with Crippen molar-refractivity contribution in [2.45, 2.75) is 20.3 Å². The normalized spacial score (nSPS) is 17.2. The summed E-state index contributed by atoms with van der Waals surface area (Å²) in [5.74, 6) is 0.397. The van der Waals surface area contributed by atoms with Crippen molar-refractivity contribution in [2.24, 2.45) is 0 Å². The molecule has 5 rings (SSSR count). The molecule has 11 heteroatoms. The van der Waals surface area contributed by atoms with E-state index >= 15 is 0 Å². The molecule has 0 spiro atoms. The Balaban J connectivity index is 1.47. The Bertz CT molecular complexity index is 1500. The highest BCUT2D eigenvalue weighted by Crippen LogP contribution is 2.34. The summed E-state index contributed by atoms with van der Waals surface area (Å²) in [4.78, 5) is 38.5. The number of aromatic nitrogens is 2.